The van der Waals surface area contributed by atoms with Crippen molar-refractivity contribution < 1.29 is 5.11 Å². The zero-order chi connectivity index (χ0) is 7.56. The first-order valence-electron chi connectivity index (χ1n) is 3.68. The van der Waals surface area contributed by atoms with Gasteiger partial charge in [-0.25, -0.2) is 0 Å². The zero-order valence-electron chi connectivity index (χ0n) is 6.58. The van der Waals surface area contributed by atoms with E-state index in [1.165, 1.54) is 5.75 Å². The SMILES string of the molecule is CC(O)C1CSCCN1C. The topological polar surface area (TPSA) is 23.5 Å². The number of aliphatic hydroxyl groups is 1. The van der Waals surface area contributed by atoms with Gasteiger partial charge in [0.2, 0.25) is 0 Å². The number of likely N-dealkylation sites (N-methyl/N-ethyl adjacent to an activating group) is 1. The molecule has 0 aromatic heterocycles. The van der Waals surface area contributed by atoms with E-state index in [2.05, 4.69) is 11.9 Å². The summed E-state index contributed by atoms with van der Waals surface area (Å²) in [6, 6.07) is 0.374. The van der Waals surface area contributed by atoms with Crippen LogP contribution in [0.5, 0.6) is 0 Å². The molecule has 1 saturated heterocycles. The first-order chi connectivity index (χ1) is 4.72. The largest absolute Gasteiger partial charge is 0.392 e. The summed E-state index contributed by atoms with van der Waals surface area (Å²) in [5.74, 6) is 2.29. The number of nitrogens with zero attached hydrogens (tertiary/aromatic N) is 1. The fraction of sp³-hybridized carbons (Fsp3) is 1.00. The second kappa shape index (κ2) is 3.60. The van der Waals surface area contributed by atoms with Crippen molar-refractivity contribution in [2.24, 2.45) is 0 Å². The van der Waals surface area contributed by atoms with Gasteiger partial charge in [-0.15, -0.1) is 0 Å². The molecule has 1 fully saturated rings. The Hall–Kier alpha value is 0.270. The lowest BCUT2D eigenvalue weighted by Crippen LogP contribution is -2.45. The molecule has 0 aromatic carbocycles. The predicted molar refractivity (Wildman–Crippen MR) is 45.4 cm³/mol. The van der Waals surface area contributed by atoms with Crippen LogP contribution in [0.25, 0.3) is 0 Å². The third kappa shape index (κ3) is 1.87. The molecule has 2 nitrogen and oxygen atoms in total. The van der Waals surface area contributed by atoms with Crippen LogP contribution in [0.2, 0.25) is 0 Å². The van der Waals surface area contributed by atoms with Gasteiger partial charge >= 0.3 is 0 Å². The maximum Gasteiger partial charge on any atom is 0.0675 e. The maximum atomic E-state index is 9.29. The van der Waals surface area contributed by atoms with Crippen LogP contribution in [0.15, 0.2) is 0 Å². The molecule has 60 valence electrons. The summed E-state index contributed by atoms with van der Waals surface area (Å²) in [4.78, 5) is 2.24. The van der Waals surface area contributed by atoms with Gasteiger partial charge in [0.25, 0.3) is 0 Å². The molecule has 1 N–H and O–H groups in total. The molecule has 0 aliphatic carbocycles. The lowest BCUT2D eigenvalue weighted by Gasteiger charge is -2.33. The van der Waals surface area contributed by atoms with Crippen LogP contribution in [0.1, 0.15) is 6.92 Å². The average Bonchev–Trinajstić information content (AvgIpc) is 1.88. The van der Waals surface area contributed by atoms with Crippen molar-refractivity contribution in [3.63, 3.8) is 0 Å². The van der Waals surface area contributed by atoms with E-state index >= 15 is 0 Å². The molecule has 2 unspecified atom stereocenters. The predicted octanol–water partition coefficient (Wildman–Crippen LogP) is 0.414. The van der Waals surface area contributed by atoms with Gasteiger partial charge in [0.1, 0.15) is 0 Å². The van der Waals surface area contributed by atoms with Gasteiger partial charge in [-0.1, -0.05) is 0 Å². The van der Waals surface area contributed by atoms with Gasteiger partial charge in [0.15, 0.2) is 0 Å². The van der Waals surface area contributed by atoms with Gasteiger partial charge in [-0.05, 0) is 14.0 Å². The molecular formula is C7H15NOS. The van der Waals surface area contributed by atoms with Gasteiger partial charge in [0.05, 0.1) is 6.10 Å². The standard InChI is InChI=1S/C7H15NOS/c1-6(9)7-5-10-4-3-8(7)2/h6-7,9H,3-5H2,1-2H3. The second-order valence-corrected chi connectivity index (χ2v) is 4.01. The van der Waals surface area contributed by atoms with E-state index in [4.69, 9.17) is 0 Å². The Morgan fingerprint density at radius 3 is 2.80 bits per heavy atom. The van der Waals surface area contributed by atoms with Gasteiger partial charge in [-0.2, -0.15) is 11.8 Å². The van der Waals surface area contributed by atoms with E-state index in [1.54, 1.807) is 0 Å². The fourth-order valence-corrected chi connectivity index (χ4v) is 2.57. The smallest absolute Gasteiger partial charge is 0.0675 e. The van der Waals surface area contributed by atoms with Crippen molar-refractivity contribution in [2.75, 3.05) is 25.1 Å². The second-order valence-electron chi connectivity index (χ2n) is 2.86. The van der Waals surface area contributed by atoms with Crippen LogP contribution in [0, 0.1) is 0 Å². The van der Waals surface area contributed by atoms with Crippen LogP contribution < -0.4 is 0 Å². The quantitative estimate of drug-likeness (QED) is 0.603. The van der Waals surface area contributed by atoms with E-state index in [1.807, 2.05) is 18.7 Å². The Morgan fingerprint density at radius 2 is 2.40 bits per heavy atom. The van der Waals surface area contributed by atoms with Crippen molar-refractivity contribution in [1.82, 2.24) is 4.90 Å². The van der Waals surface area contributed by atoms with Crippen LogP contribution in [0.4, 0.5) is 0 Å². The summed E-state index contributed by atoms with van der Waals surface area (Å²) in [5.41, 5.74) is 0. The van der Waals surface area contributed by atoms with E-state index in [0.717, 1.165) is 12.3 Å². The molecule has 1 rings (SSSR count). The Bertz CT molecular complexity index is 108. The molecule has 2 atom stereocenters. The molecule has 3 heteroatoms. The van der Waals surface area contributed by atoms with E-state index < -0.39 is 0 Å². The molecule has 0 amide bonds. The molecular weight excluding hydrogens is 146 g/mol. The Kier molecular flexibility index (Phi) is 3.01. The van der Waals surface area contributed by atoms with E-state index in [0.29, 0.717) is 6.04 Å². The number of thioether (sulfide) groups is 1. The molecule has 0 aromatic rings. The van der Waals surface area contributed by atoms with Crippen LogP contribution in [-0.4, -0.2) is 47.3 Å². The third-order valence-electron chi connectivity index (χ3n) is 2.00. The van der Waals surface area contributed by atoms with Crippen molar-refractivity contribution in [1.29, 1.82) is 0 Å². The monoisotopic (exact) mass is 161 g/mol. The number of aliphatic hydroxyl groups excluding tert-OH is 1. The minimum atomic E-state index is -0.183. The van der Waals surface area contributed by atoms with Crippen LogP contribution in [-0.2, 0) is 0 Å². The summed E-state index contributed by atoms with van der Waals surface area (Å²) in [6.45, 7) is 2.98. The normalized spacial score (nSPS) is 32.1. The number of hydrogen-bond donors (Lipinski definition) is 1. The highest BCUT2D eigenvalue weighted by molar-refractivity contribution is 7.99. The lowest BCUT2D eigenvalue weighted by molar-refractivity contribution is 0.0902. The third-order valence-corrected chi connectivity index (χ3v) is 3.05. The molecule has 0 bridgehead atoms. The molecule has 0 spiro atoms. The molecule has 0 radical (unpaired) electrons. The fourth-order valence-electron chi connectivity index (χ4n) is 1.21. The van der Waals surface area contributed by atoms with Gasteiger partial charge < -0.3 is 5.11 Å². The lowest BCUT2D eigenvalue weighted by atomic mass is 10.2. The van der Waals surface area contributed by atoms with Crippen LogP contribution >= 0.6 is 11.8 Å². The van der Waals surface area contributed by atoms with Gasteiger partial charge in [0, 0.05) is 24.1 Å². The highest BCUT2D eigenvalue weighted by Crippen LogP contribution is 2.16. The molecule has 10 heavy (non-hydrogen) atoms. The zero-order valence-corrected chi connectivity index (χ0v) is 7.40. The average molecular weight is 161 g/mol. The van der Waals surface area contributed by atoms with Crippen molar-refractivity contribution in [2.45, 2.75) is 19.1 Å². The molecule has 1 aliphatic heterocycles. The first-order valence-corrected chi connectivity index (χ1v) is 4.83. The van der Waals surface area contributed by atoms with E-state index in [9.17, 15) is 5.11 Å². The summed E-state index contributed by atoms with van der Waals surface area (Å²) in [7, 11) is 2.08. The van der Waals surface area contributed by atoms with Crippen molar-refractivity contribution >= 4 is 11.8 Å². The van der Waals surface area contributed by atoms with Crippen LogP contribution in [0.3, 0.4) is 0 Å². The van der Waals surface area contributed by atoms with Crippen molar-refractivity contribution in [3.8, 4) is 0 Å². The Balaban J connectivity index is 2.40. The summed E-state index contributed by atoms with van der Waals surface area (Å²) >= 11 is 1.93. The van der Waals surface area contributed by atoms with Gasteiger partial charge in [-0.3, -0.25) is 4.90 Å². The summed E-state index contributed by atoms with van der Waals surface area (Å²) in [6.07, 6.45) is -0.183. The minimum absolute atomic E-state index is 0.183. The van der Waals surface area contributed by atoms with E-state index in [-0.39, 0.29) is 6.10 Å². The number of rotatable bonds is 1. The molecule has 0 saturated carbocycles. The molecule has 1 heterocycles. The maximum absolute atomic E-state index is 9.29. The summed E-state index contributed by atoms with van der Waals surface area (Å²) < 4.78 is 0. The summed E-state index contributed by atoms with van der Waals surface area (Å²) in [5, 5.41) is 9.29. The Labute approximate surface area is 66.6 Å². The molecule has 1 aliphatic rings. The Morgan fingerprint density at radius 1 is 1.70 bits per heavy atom. The number of hydrogen-bond acceptors (Lipinski definition) is 3. The first kappa shape index (κ1) is 8.37. The van der Waals surface area contributed by atoms with Crippen molar-refractivity contribution in [3.05, 3.63) is 0 Å². The minimum Gasteiger partial charge on any atom is -0.392 e. The highest BCUT2D eigenvalue weighted by Gasteiger charge is 2.22. The highest BCUT2D eigenvalue weighted by atomic mass is 32.2.